The lowest BCUT2D eigenvalue weighted by atomic mass is 10.1. The van der Waals surface area contributed by atoms with E-state index in [1.54, 1.807) is 43.5 Å². The van der Waals surface area contributed by atoms with Crippen molar-refractivity contribution in [3.63, 3.8) is 0 Å². The smallest absolute Gasteiger partial charge is 0.162 e. The van der Waals surface area contributed by atoms with Crippen LogP contribution in [0.4, 0.5) is 0 Å². The topological polar surface area (TPSA) is 68.5 Å². The maximum absolute atomic E-state index is 10.9. The van der Waals surface area contributed by atoms with Gasteiger partial charge in [-0.3, -0.25) is 4.79 Å². The first-order chi connectivity index (χ1) is 10.7. The van der Waals surface area contributed by atoms with Gasteiger partial charge in [-0.05, 0) is 30.3 Å². The predicted molar refractivity (Wildman–Crippen MR) is 80.4 cm³/mol. The van der Waals surface area contributed by atoms with E-state index in [1.165, 1.54) is 7.11 Å². The van der Waals surface area contributed by atoms with Crippen LogP contribution in [-0.4, -0.2) is 20.5 Å². The lowest BCUT2D eigenvalue weighted by Crippen LogP contribution is -2.01. The molecule has 0 bridgehead atoms. The van der Waals surface area contributed by atoms with Gasteiger partial charge in [0, 0.05) is 17.2 Å². The molecule has 2 aromatic rings. The number of carbonyl (C=O) groups excluding carboxylic acids is 1. The Labute approximate surface area is 128 Å². The minimum atomic E-state index is 0.215. The van der Waals surface area contributed by atoms with Crippen LogP contribution in [0.25, 0.3) is 0 Å². The number of hydrogen-bond acceptors (Lipinski definition) is 5. The summed E-state index contributed by atoms with van der Waals surface area (Å²) in [5, 5.41) is 8.89. The van der Waals surface area contributed by atoms with Crippen molar-refractivity contribution < 1.29 is 19.0 Å². The second-order valence-corrected chi connectivity index (χ2v) is 4.46. The average molecular weight is 297 g/mol. The van der Waals surface area contributed by atoms with Gasteiger partial charge in [0.15, 0.2) is 11.5 Å². The van der Waals surface area contributed by atoms with E-state index < -0.39 is 0 Å². The molecule has 2 rings (SSSR count). The summed E-state index contributed by atoms with van der Waals surface area (Å²) >= 11 is 0. The lowest BCUT2D eigenvalue weighted by Gasteiger charge is -2.13. The van der Waals surface area contributed by atoms with E-state index in [9.17, 15) is 4.79 Å². The molecule has 0 N–H and O–H groups in total. The summed E-state index contributed by atoms with van der Waals surface area (Å²) in [7, 11) is 3.07. The van der Waals surface area contributed by atoms with Gasteiger partial charge in [-0.1, -0.05) is 0 Å². The molecule has 5 heteroatoms. The Kier molecular flexibility index (Phi) is 4.99. The van der Waals surface area contributed by atoms with Crippen molar-refractivity contribution in [1.29, 1.82) is 5.26 Å². The van der Waals surface area contributed by atoms with Crippen LogP contribution in [0.5, 0.6) is 17.2 Å². The molecule has 0 heterocycles. The SMILES string of the molecule is COc1ccc(C=O)cc1COc1ccc(C#N)cc1OC. The van der Waals surface area contributed by atoms with Crippen LogP contribution in [0.2, 0.25) is 0 Å². The number of rotatable bonds is 6. The maximum Gasteiger partial charge on any atom is 0.162 e. The normalized spacial score (nSPS) is 9.68. The van der Waals surface area contributed by atoms with Crippen molar-refractivity contribution in [1.82, 2.24) is 0 Å². The molecule has 0 fully saturated rings. The molecular weight excluding hydrogens is 282 g/mol. The Hall–Kier alpha value is -3.00. The molecule has 0 aromatic heterocycles. The van der Waals surface area contributed by atoms with E-state index in [2.05, 4.69) is 0 Å². The molecule has 0 atom stereocenters. The lowest BCUT2D eigenvalue weighted by molar-refractivity contribution is 0.112. The van der Waals surface area contributed by atoms with E-state index in [4.69, 9.17) is 19.5 Å². The largest absolute Gasteiger partial charge is 0.496 e. The van der Waals surface area contributed by atoms with Crippen LogP contribution < -0.4 is 14.2 Å². The maximum atomic E-state index is 10.9. The van der Waals surface area contributed by atoms with Crippen molar-refractivity contribution in [3.8, 4) is 23.3 Å². The fraction of sp³-hybridized carbons (Fsp3) is 0.176. The zero-order chi connectivity index (χ0) is 15.9. The third kappa shape index (κ3) is 3.36. The Morgan fingerprint density at radius 3 is 2.41 bits per heavy atom. The van der Waals surface area contributed by atoms with Gasteiger partial charge < -0.3 is 14.2 Å². The number of aldehydes is 1. The standard InChI is InChI=1S/C17H15NO4/c1-20-15-5-4-13(10-19)7-14(15)11-22-16-6-3-12(9-18)8-17(16)21-2/h3-8,10H,11H2,1-2H3. The molecule has 0 aliphatic heterocycles. The monoisotopic (exact) mass is 297 g/mol. The fourth-order valence-corrected chi connectivity index (χ4v) is 2.00. The molecule has 5 nitrogen and oxygen atoms in total. The van der Waals surface area contributed by atoms with Crippen molar-refractivity contribution >= 4 is 6.29 Å². The average Bonchev–Trinajstić information content (AvgIpc) is 2.59. The zero-order valence-electron chi connectivity index (χ0n) is 12.3. The Morgan fingerprint density at radius 2 is 1.77 bits per heavy atom. The first kappa shape index (κ1) is 15.4. The summed E-state index contributed by atoms with van der Waals surface area (Å²) < 4.78 is 16.2. The second-order valence-electron chi connectivity index (χ2n) is 4.46. The molecular formula is C17H15NO4. The highest BCUT2D eigenvalue weighted by molar-refractivity contribution is 5.75. The molecule has 0 radical (unpaired) electrons. The Balaban J connectivity index is 2.23. The van der Waals surface area contributed by atoms with Gasteiger partial charge in [0.05, 0.1) is 25.9 Å². The third-order valence-corrected chi connectivity index (χ3v) is 3.12. The molecule has 112 valence electrons. The molecule has 2 aromatic carbocycles. The first-order valence-electron chi connectivity index (χ1n) is 6.55. The van der Waals surface area contributed by atoms with Gasteiger partial charge in [-0.25, -0.2) is 0 Å². The number of benzene rings is 2. The number of methoxy groups -OCH3 is 2. The van der Waals surface area contributed by atoms with E-state index in [1.807, 2.05) is 6.07 Å². The van der Waals surface area contributed by atoms with Crippen molar-refractivity contribution in [2.45, 2.75) is 6.61 Å². The van der Waals surface area contributed by atoms with Crippen molar-refractivity contribution in [3.05, 3.63) is 53.1 Å². The van der Waals surface area contributed by atoms with E-state index in [0.29, 0.717) is 28.4 Å². The fourth-order valence-electron chi connectivity index (χ4n) is 2.00. The summed E-state index contributed by atoms with van der Waals surface area (Å²) in [6, 6.07) is 12.1. The highest BCUT2D eigenvalue weighted by Crippen LogP contribution is 2.30. The molecule has 0 unspecified atom stereocenters. The molecule has 0 aliphatic carbocycles. The van der Waals surface area contributed by atoms with Gasteiger partial charge in [-0.15, -0.1) is 0 Å². The Morgan fingerprint density at radius 1 is 1.05 bits per heavy atom. The summed E-state index contributed by atoms with van der Waals surface area (Å²) in [5.41, 5.74) is 1.79. The van der Waals surface area contributed by atoms with Crippen LogP contribution in [0, 0.1) is 11.3 Å². The van der Waals surface area contributed by atoms with E-state index >= 15 is 0 Å². The van der Waals surface area contributed by atoms with Crippen molar-refractivity contribution in [2.75, 3.05) is 14.2 Å². The van der Waals surface area contributed by atoms with Gasteiger partial charge in [0.25, 0.3) is 0 Å². The molecule has 0 saturated carbocycles. The first-order valence-corrected chi connectivity index (χ1v) is 6.55. The van der Waals surface area contributed by atoms with Gasteiger partial charge in [-0.2, -0.15) is 5.26 Å². The highest BCUT2D eigenvalue weighted by Gasteiger charge is 2.09. The van der Waals surface area contributed by atoms with Crippen LogP contribution in [0.1, 0.15) is 21.5 Å². The quantitative estimate of drug-likeness (QED) is 0.767. The number of ether oxygens (including phenoxy) is 3. The molecule has 0 amide bonds. The minimum Gasteiger partial charge on any atom is -0.496 e. The summed E-state index contributed by atoms with van der Waals surface area (Å²) in [5.74, 6) is 1.63. The highest BCUT2D eigenvalue weighted by atomic mass is 16.5. The van der Waals surface area contributed by atoms with Crippen molar-refractivity contribution in [2.24, 2.45) is 0 Å². The number of hydrogen-bond donors (Lipinski definition) is 0. The van der Waals surface area contributed by atoms with Crippen LogP contribution >= 0.6 is 0 Å². The second kappa shape index (κ2) is 7.14. The Bertz CT molecular complexity index is 719. The van der Waals surface area contributed by atoms with E-state index in [0.717, 1.165) is 11.8 Å². The number of nitriles is 1. The summed E-state index contributed by atoms with van der Waals surface area (Å²) in [6.07, 6.45) is 0.769. The molecule has 0 aliphatic rings. The molecule has 22 heavy (non-hydrogen) atoms. The summed E-state index contributed by atoms with van der Waals surface area (Å²) in [4.78, 5) is 10.9. The molecule has 0 spiro atoms. The third-order valence-electron chi connectivity index (χ3n) is 3.12. The minimum absolute atomic E-state index is 0.215. The zero-order valence-corrected chi connectivity index (χ0v) is 12.3. The van der Waals surface area contributed by atoms with E-state index in [-0.39, 0.29) is 6.61 Å². The van der Waals surface area contributed by atoms with Crippen LogP contribution in [0.15, 0.2) is 36.4 Å². The molecule has 0 saturated heterocycles. The van der Waals surface area contributed by atoms with Crippen LogP contribution in [0.3, 0.4) is 0 Å². The number of nitrogens with zero attached hydrogens (tertiary/aromatic N) is 1. The van der Waals surface area contributed by atoms with Crippen LogP contribution in [-0.2, 0) is 6.61 Å². The van der Waals surface area contributed by atoms with Gasteiger partial charge >= 0.3 is 0 Å². The van der Waals surface area contributed by atoms with Gasteiger partial charge in [0.2, 0.25) is 0 Å². The van der Waals surface area contributed by atoms with Gasteiger partial charge in [0.1, 0.15) is 18.6 Å². The predicted octanol–water partition coefficient (Wildman–Crippen LogP) is 2.97. The number of carbonyl (C=O) groups is 1. The summed E-state index contributed by atoms with van der Waals surface area (Å²) in [6.45, 7) is 0.215.